The zero-order valence-corrected chi connectivity index (χ0v) is 10.9. The van der Waals surface area contributed by atoms with E-state index in [0.717, 1.165) is 0 Å². The molecule has 0 saturated heterocycles. The molecule has 0 unspecified atom stereocenters. The first kappa shape index (κ1) is 12.0. The van der Waals surface area contributed by atoms with E-state index in [1.165, 1.54) is 24.5 Å². The van der Waals surface area contributed by atoms with Crippen LogP contribution < -0.4 is 4.72 Å². The maximum atomic E-state index is 11.9. The molecule has 0 amide bonds. The molecule has 0 spiro atoms. The molecule has 7 heteroatoms. The van der Waals surface area contributed by atoms with E-state index in [1.807, 2.05) is 0 Å². The molecule has 17 heavy (non-hydrogen) atoms. The van der Waals surface area contributed by atoms with Gasteiger partial charge >= 0.3 is 0 Å². The zero-order chi connectivity index (χ0) is 12.3. The highest BCUT2D eigenvalue weighted by molar-refractivity contribution is 9.10. The van der Waals surface area contributed by atoms with Crippen LogP contribution in [-0.4, -0.2) is 18.4 Å². The number of nitrogens with one attached hydrogen (secondary N) is 1. The van der Waals surface area contributed by atoms with Crippen LogP contribution in [0.4, 0.5) is 5.95 Å². The normalized spacial score (nSPS) is 11.1. The van der Waals surface area contributed by atoms with E-state index in [2.05, 4.69) is 30.6 Å². The van der Waals surface area contributed by atoms with Crippen molar-refractivity contribution in [3.05, 3.63) is 47.2 Å². The van der Waals surface area contributed by atoms with Crippen molar-refractivity contribution in [2.75, 3.05) is 4.72 Å². The molecule has 2 rings (SSSR count). The number of sulfonamides is 1. The van der Waals surface area contributed by atoms with Gasteiger partial charge < -0.3 is 0 Å². The number of anilines is 1. The van der Waals surface area contributed by atoms with Crippen LogP contribution in [0, 0.1) is 0 Å². The fourth-order valence-corrected chi connectivity index (χ4v) is 2.33. The highest BCUT2D eigenvalue weighted by Gasteiger charge is 2.14. The van der Waals surface area contributed by atoms with Gasteiger partial charge in [-0.1, -0.05) is 18.2 Å². The highest BCUT2D eigenvalue weighted by Crippen LogP contribution is 2.13. The van der Waals surface area contributed by atoms with Crippen molar-refractivity contribution >= 4 is 31.9 Å². The lowest BCUT2D eigenvalue weighted by Crippen LogP contribution is -2.14. The summed E-state index contributed by atoms with van der Waals surface area (Å²) in [5.41, 5.74) is 0. The Bertz CT molecular complexity index is 599. The Hall–Kier alpha value is -1.47. The minimum Gasteiger partial charge on any atom is -0.247 e. The third kappa shape index (κ3) is 3.01. The van der Waals surface area contributed by atoms with E-state index in [0.29, 0.717) is 4.47 Å². The molecule has 1 N–H and O–H groups in total. The Labute approximate surface area is 107 Å². The second-order valence-electron chi connectivity index (χ2n) is 3.14. The van der Waals surface area contributed by atoms with Crippen LogP contribution in [0.3, 0.4) is 0 Å². The third-order valence-corrected chi connectivity index (χ3v) is 3.65. The summed E-state index contributed by atoms with van der Waals surface area (Å²) in [5.74, 6) is 0.0389. The van der Waals surface area contributed by atoms with Gasteiger partial charge in [-0.3, -0.25) is 0 Å². The van der Waals surface area contributed by atoms with E-state index < -0.39 is 10.0 Å². The molecule has 0 aliphatic rings. The lowest BCUT2D eigenvalue weighted by molar-refractivity contribution is 0.601. The van der Waals surface area contributed by atoms with Gasteiger partial charge in [0.2, 0.25) is 5.95 Å². The summed E-state index contributed by atoms with van der Waals surface area (Å²) < 4.78 is 26.7. The fraction of sp³-hybridized carbons (Fsp3) is 0. The molecule has 5 nitrogen and oxygen atoms in total. The number of hydrogen-bond acceptors (Lipinski definition) is 4. The summed E-state index contributed by atoms with van der Waals surface area (Å²) in [6, 6.07) is 8.05. The first-order valence-electron chi connectivity index (χ1n) is 4.63. The average Bonchev–Trinajstić information content (AvgIpc) is 2.33. The van der Waals surface area contributed by atoms with Crippen molar-refractivity contribution in [2.24, 2.45) is 0 Å². The van der Waals surface area contributed by atoms with Gasteiger partial charge in [0.15, 0.2) is 0 Å². The molecule has 88 valence electrons. The molecular formula is C10H8BrN3O2S. The summed E-state index contributed by atoms with van der Waals surface area (Å²) in [6.07, 6.45) is 2.94. The van der Waals surface area contributed by atoms with Gasteiger partial charge in [-0.2, -0.15) is 0 Å². The van der Waals surface area contributed by atoms with Crippen LogP contribution in [-0.2, 0) is 10.0 Å². The number of hydrogen-bond donors (Lipinski definition) is 1. The second kappa shape index (κ2) is 4.80. The third-order valence-electron chi connectivity index (χ3n) is 1.90. The summed E-state index contributed by atoms with van der Waals surface area (Å²) in [5, 5.41) is 0. The molecule has 1 heterocycles. The van der Waals surface area contributed by atoms with Gasteiger partial charge in [-0.25, -0.2) is 23.1 Å². The molecule has 0 atom stereocenters. The largest absolute Gasteiger partial charge is 0.264 e. The van der Waals surface area contributed by atoms with Crippen molar-refractivity contribution < 1.29 is 8.42 Å². The van der Waals surface area contributed by atoms with Crippen LogP contribution in [0.2, 0.25) is 0 Å². The van der Waals surface area contributed by atoms with Crippen LogP contribution in [0.15, 0.2) is 52.1 Å². The van der Waals surface area contributed by atoms with E-state index in [-0.39, 0.29) is 10.8 Å². The number of rotatable bonds is 3. The fourth-order valence-electron chi connectivity index (χ4n) is 1.14. The van der Waals surface area contributed by atoms with Gasteiger partial charge in [0, 0.05) is 12.4 Å². The SMILES string of the molecule is O=S(=O)(Nc1ncc(Br)cn1)c1ccccc1. The first-order valence-corrected chi connectivity index (χ1v) is 6.91. The maximum absolute atomic E-state index is 11.9. The number of nitrogens with zero attached hydrogens (tertiary/aromatic N) is 2. The number of halogens is 1. The van der Waals surface area contributed by atoms with Crippen LogP contribution >= 0.6 is 15.9 Å². The van der Waals surface area contributed by atoms with E-state index in [4.69, 9.17) is 0 Å². The minimum absolute atomic E-state index is 0.0389. The molecular weight excluding hydrogens is 306 g/mol. The monoisotopic (exact) mass is 313 g/mol. The van der Waals surface area contributed by atoms with Gasteiger partial charge in [0.1, 0.15) is 0 Å². The topological polar surface area (TPSA) is 72.0 Å². The molecule has 0 aliphatic carbocycles. The smallest absolute Gasteiger partial charge is 0.247 e. The average molecular weight is 314 g/mol. The van der Waals surface area contributed by atoms with Gasteiger partial charge in [-0.15, -0.1) is 0 Å². The standard InChI is InChI=1S/C10H8BrN3O2S/c11-8-6-12-10(13-7-8)14-17(15,16)9-4-2-1-3-5-9/h1-7H,(H,12,13,14). The number of benzene rings is 1. The Balaban J connectivity index is 2.27. The summed E-state index contributed by atoms with van der Waals surface area (Å²) in [6.45, 7) is 0. The predicted octanol–water partition coefficient (Wildman–Crippen LogP) is 2.04. The van der Waals surface area contributed by atoms with Crippen LogP contribution in [0.5, 0.6) is 0 Å². The lowest BCUT2D eigenvalue weighted by Gasteiger charge is -2.05. The molecule has 0 bridgehead atoms. The molecule has 1 aromatic carbocycles. The van der Waals surface area contributed by atoms with Gasteiger partial charge in [-0.05, 0) is 28.1 Å². The van der Waals surface area contributed by atoms with Crippen molar-refractivity contribution in [2.45, 2.75) is 4.90 Å². The summed E-state index contributed by atoms with van der Waals surface area (Å²) >= 11 is 3.17. The molecule has 1 aromatic heterocycles. The zero-order valence-electron chi connectivity index (χ0n) is 8.54. The van der Waals surface area contributed by atoms with Crippen LogP contribution in [0.25, 0.3) is 0 Å². The van der Waals surface area contributed by atoms with Gasteiger partial charge in [0.25, 0.3) is 10.0 Å². The Kier molecular flexibility index (Phi) is 3.39. The molecule has 0 aliphatic heterocycles. The lowest BCUT2D eigenvalue weighted by atomic mass is 10.4. The van der Waals surface area contributed by atoms with Gasteiger partial charge in [0.05, 0.1) is 9.37 Å². The Morgan fingerprint density at radius 3 is 2.24 bits per heavy atom. The quantitative estimate of drug-likeness (QED) is 0.941. The van der Waals surface area contributed by atoms with E-state index in [9.17, 15) is 8.42 Å². The van der Waals surface area contributed by atoms with Crippen molar-refractivity contribution in [1.82, 2.24) is 9.97 Å². The minimum atomic E-state index is -3.62. The van der Waals surface area contributed by atoms with Crippen molar-refractivity contribution in [3.8, 4) is 0 Å². The van der Waals surface area contributed by atoms with E-state index >= 15 is 0 Å². The molecule has 0 fully saturated rings. The number of aromatic nitrogens is 2. The molecule has 2 aromatic rings. The Morgan fingerprint density at radius 1 is 1.06 bits per heavy atom. The summed E-state index contributed by atoms with van der Waals surface area (Å²) in [4.78, 5) is 7.85. The van der Waals surface area contributed by atoms with Crippen LogP contribution in [0.1, 0.15) is 0 Å². The van der Waals surface area contributed by atoms with E-state index in [1.54, 1.807) is 18.2 Å². The summed E-state index contributed by atoms with van der Waals surface area (Å²) in [7, 11) is -3.62. The maximum Gasteiger partial charge on any atom is 0.264 e. The van der Waals surface area contributed by atoms with Crippen molar-refractivity contribution in [3.63, 3.8) is 0 Å². The second-order valence-corrected chi connectivity index (χ2v) is 5.74. The molecule has 0 radical (unpaired) electrons. The first-order chi connectivity index (χ1) is 8.08. The Morgan fingerprint density at radius 2 is 1.65 bits per heavy atom. The van der Waals surface area contributed by atoms with Crippen molar-refractivity contribution in [1.29, 1.82) is 0 Å². The predicted molar refractivity (Wildman–Crippen MR) is 67.0 cm³/mol. The highest BCUT2D eigenvalue weighted by atomic mass is 79.9. The molecule has 0 saturated carbocycles.